The normalized spacial score (nSPS) is 21.2. The van der Waals surface area contributed by atoms with E-state index in [1.54, 1.807) is 14.2 Å². The molecular weight excluding hydrogens is 520 g/mol. The van der Waals surface area contributed by atoms with E-state index in [-0.39, 0.29) is 23.7 Å². The number of likely N-dealkylation sites (tertiary alicyclic amines) is 1. The minimum Gasteiger partial charge on any atom is -0.493 e. The summed E-state index contributed by atoms with van der Waals surface area (Å²) in [5.41, 5.74) is 4.60. The number of nitrogens with zero attached hydrogens (tertiary/aromatic N) is 2. The van der Waals surface area contributed by atoms with Gasteiger partial charge in [-0.2, -0.15) is 0 Å². The molecule has 2 N–H and O–H groups in total. The minimum absolute atomic E-state index is 0.0231. The summed E-state index contributed by atoms with van der Waals surface area (Å²) in [4.78, 5) is 31.5. The van der Waals surface area contributed by atoms with Gasteiger partial charge in [0.2, 0.25) is 11.8 Å². The number of amides is 2. The Bertz CT molecular complexity index is 1200. The lowest BCUT2D eigenvalue weighted by atomic mass is 9.87. The van der Waals surface area contributed by atoms with Gasteiger partial charge >= 0.3 is 0 Å². The number of benzene rings is 2. The van der Waals surface area contributed by atoms with Crippen molar-refractivity contribution in [2.24, 2.45) is 11.8 Å². The Balaban J connectivity index is 1.23. The van der Waals surface area contributed by atoms with Gasteiger partial charge in [0.25, 0.3) is 0 Å². The van der Waals surface area contributed by atoms with Crippen molar-refractivity contribution in [3.63, 3.8) is 0 Å². The highest BCUT2D eigenvalue weighted by molar-refractivity contribution is 5.93. The van der Waals surface area contributed by atoms with Crippen molar-refractivity contribution in [2.45, 2.75) is 38.6 Å². The molecule has 0 radical (unpaired) electrons. The van der Waals surface area contributed by atoms with Crippen LogP contribution in [0.5, 0.6) is 11.5 Å². The maximum absolute atomic E-state index is 13.5. The number of anilines is 1. The zero-order chi connectivity index (χ0) is 28.6. The van der Waals surface area contributed by atoms with E-state index in [9.17, 15) is 9.59 Å². The lowest BCUT2D eigenvalue weighted by Gasteiger charge is -2.36. The molecule has 0 bridgehead atoms. The number of ether oxygens (including phenoxy) is 3. The van der Waals surface area contributed by atoms with Crippen LogP contribution in [-0.4, -0.2) is 88.3 Å². The minimum atomic E-state index is -0.291. The summed E-state index contributed by atoms with van der Waals surface area (Å²) in [7, 11) is 3.25. The number of morpholine rings is 1. The molecule has 0 unspecified atom stereocenters. The summed E-state index contributed by atoms with van der Waals surface area (Å²) < 4.78 is 16.3. The molecule has 0 saturated carbocycles. The third kappa shape index (κ3) is 7.78. The van der Waals surface area contributed by atoms with Crippen molar-refractivity contribution in [2.75, 3.05) is 72.0 Å². The van der Waals surface area contributed by atoms with Gasteiger partial charge in [-0.05, 0) is 79.6 Å². The van der Waals surface area contributed by atoms with E-state index in [0.717, 1.165) is 63.4 Å². The number of rotatable bonds is 11. The van der Waals surface area contributed by atoms with Crippen LogP contribution < -0.4 is 20.1 Å². The number of methoxy groups -OCH3 is 2. The topological polar surface area (TPSA) is 92.4 Å². The van der Waals surface area contributed by atoms with Gasteiger partial charge in [0.05, 0.1) is 39.3 Å². The Morgan fingerprint density at radius 1 is 0.902 bits per heavy atom. The fraction of sp³-hybridized carbons (Fsp3) is 0.562. The number of nitrogens with one attached hydrogen (secondary N) is 2. The fourth-order valence-electron chi connectivity index (χ4n) is 6.31. The molecule has 2 saturated heterocycles. The number of piperidine rings is 1. The molecule has 1 aliphatic carbocycles. The Kier molecular flexibility index (Phi) is 10.1. The van der Waals surface area contributed by atoms with Gasteiger partial charge in [-0.25, -0.2) is 0 Å². The van der Waals surface area contributed by atoms with Crippen molar-refractivity contribution >= 4 is 17.5 Å². The van der Waals surface area contributed by atoms with Crippen LogP contribution in [0.15, 0.2) is 36.4 Å². The van der Waals surface area contributed by atoms with Crippen LogP contribution in [0.1, 0.15) is 36.0 Å². The van der Waals surface area contributed by atoms with E-state index in [2.05, 4.69) is 32.6 Å². The van der Waals surface area contributed by atoms with Crippen molar-refractivity contribution in [1.82, 2.24) is 15.1 Å². The highest BCUT2D eigenvalue weighted by Crippen LogP contribution is 2.31. The fourth-order valence-corrected chi connectivity index (χ4v) is 6.31. The Morgan fingerprint density at radius 3 is 2.44 bits per heavy atom. The van der Waals surface area contributed by atoms with Crippen molar-refractivity contribution in [3.8, 4) is 11.5 Å². The third-order valence-electron chi connectivity index (χ3n) is 8.54. The maximum atomic E-state index is 13.5. The van der Waals surface area contributed by atoms with Crippen molar-refractivity contribution in [1.29, 1.82) is 0 Å². The van der Waals surface area contributed by atoms with Crippen molar-refractivity contribution < 1.29 is 23.8 Å². The first-order valence-corrected chi connectivity index (χ1v) is 15.0. The van der Waals surface area contributed by atoms with E-state index < -0.39 is 0 Å². The van der Waals surface area contributed by atoms with Crippen LogP contribution in [0.3, 0.4) is 0 Å². The molecule has 2 heterocycles. The molecule has 2 fully saturated rings. The summed E-state index contributed by atoms with van der Waals surface area (Å²) in [6.07, 6.45) is 4.78. The Morgan fingerprint density at radius 2 is 1.66 bits per heavy atom. The summed E-state index contributed by atoms with van der Waals surface area (Å²) in [6.45, 7) is 6.84. The highest BCUT2D eigenvalue weighted by Gasteiger charge is 2.35. The molecule has 0 aromatic heterocycles. The monoisotopic (exact) mass is 564 g/mol. The first-order valence-electron chi connectivity index (χ1n) is 15.0. The SMILES string of the molecule is COc1ccc(CN2C[C@@H](C(=O)NCCCN3CCOCC3)C[C@@H](C(=O)Nc3ccc4c(c3)CCC4)C2)cc1OC. The van der Waals surface area contributed by atoms with Crippen LogP contribution in [0, 0.1) is 11.8 Å². The summed E-state index contributed by atoms with van der Waals surface area (Å²) >= 11 is 0. The second-order valence-corrected chi connectivity index (χ2v) is 11.4. The van der Waals surface area contributed by atoms with Gasteiger partial charge in [0.1, 0.15) is 0 Å². The van der Waals surface area contributed by atoms with Gasteiger partial charge in [-0.3, -0.25) is 19.4 Å². The summed E-state index contributed by atoms with van der Waals surface area (Å²) in [5.74, 6) is 0.798. The van der Waals surface area contributed by atoms with E-state index in [1.807, 2.05) is 24.3 Å². The molecule has 2 amide bonds. The van der Waals surface area contributed by atoms with Crippen molar-refractivity contribution in [3.05, 3.63) is 53.1 Å². The van der Waals surface area contributed by atoms with Crippen LogP contribution in [-0.2, 0) is 33.7 Å². The van der Waals surface area contributed by atoms with Crippen LogP contribution >= 0.6 is 0 Å². The highest BCUT2D eigenvalue weighted by atomic mass is 16.5. The molecule has 9 heteroatoms. The summed E-state index contributed by atoms with van der Waals surface area (Å²) in [5, 5.41) is 6.31. The Labute approximate surface area is 243 Å². The molecular formula is C32H44N4O5. The largest absolute Gasteiger partial charge is 0.493 e. The Hall–Kier alpha value is -3.14. The number of carbonyl (C=O) groups is 2. The predicted octanol–water partition coefficient (Wildman–Crippen LogP) is 3.11. The smallest absolute Gasteiger partial charge is 0.228 e. The third-order valence-corrected chi connectivity index (χ3v) is 8.54. The van der Waals surface area contributed by atoms with Gasteiger partial charge in [0, 0.05) is 45.0 Å². The number of hydrogen-bond acceptors (Lipinski definition) is 7. The molecule has 222 valence electrons. The van der Waals surface area contributed by atoms with Crippen LogP contribution in [0.4, 0.5) is 5.69 Å². The quantitative estimate of drug-likeness (QED) is 0.405. The van der Waals surface area contributed by atoms with Gasteiger partial charge in [-0.15, -0.1) is 0 Å². The van der Waals surface area contributed by atoms with Crippen LogP contribution in [0.2, 0.25) is 0 Å². The standard InChI is InChI=1S/C32H44N4O5/c1-39-29-10-7-23(17-30(29)40-2)20-36-21-26(31(37)33-11-4-12-35-13-15-41-16-14-35)18-27(22-36)32(38)34-28-9-8-24-5-3-6-25(24)19-28/h7-10,17,19,26-27H,3-6,11-16,18,20-22H2,1-2H3,(H,33,37)(H,34,38)/t26-,27+/m0/s1. The van der Waals surface area contributed by atoms with Gasteiger partial charge in [0.15, 0.2) is 11.5 Å². The molecule has 5 rings (SSSR count). The van der Waals surface area contributed by atoms with E-state index in [1.165, 1.54) is 17.5 Å². The van der Waals surface area contributed by atoms with E-state index in [4.69, 9.17) is 14.2 Å². The first-order chi connectivity index (χ1) is 20.0. The van der Waals surface area contributed by atoms with Crippen LogP contribution in [0.25, 0.3) is 0 Å². The molecule has 9 nitrogen and oxygen atoms in total. The lowest BCUT2D eigenvalue weighted by molar-refractivity contribution is -0.130. The van der Waals surface area contributed by atoms with E-state index in [0.29, 0.717) is 44.1 Å². The maximum Gasteiger partial charge on any atom is 0.228 e. The number of aryl methyl sites for hydroxylation is 2. The first kappa shape index (κ1) is 29.4. The number of fused-ring (bicyclic) bond motifs is 1. The average Bonchev–Trinajstić information content (AvgIpc) is 3.47. The molecule has 2 aromatic carbocycles. The molecule has 0 spiro atoms. The molecule has 2 aliphatic heterocycles. The molecule has 3 aliphatic rings. The predicted molar refractivity (Wildman–Crippen MR) is 158 cm³/mol. The zero-order valence-electron chi connectivity index (χ0n) is 24.5. The number of hydrogen-bond donors (Lipinski definition) is 2. The molecule has 41 heavy (non-hydrogen) atoms. The summed E-state index contributed by atoms with van der Waals surface area (Å²) in [6, 6.07) is 12.1. The molecule has 2 atom stereocenters. The number of carbonyl (C=O) groups excluding carboxylic acids is 2. The zero-order valence-corrected chi connectivity index (χ0v) is 24.5. The van der Waals surface area contributed by atoms with Gasteiger partial charge in [-0.1, -0.05) is 12.1 Å². The van der Waals surface area contributed by atoms with E-state index >= 15 is 0 Å². The second-order valence-electron chi connectivity index (χ2n) is 11.4. The lowest BCUT2D eigenvalue weighted by Crippen LogP contribution is -2.49. The second kappa shape index (κ2) is 14.2. The molecule has 2 aromatic rings. The average molecular weight is 565 g/mol. The van der Waals surface area contributed by atoms with Gasteiger partial charge < -0.3 is 24.8 Å².